The third-order valence-electron chi connectivity index (χ3n) is 6.96. The minimum Gasteiger partial charge on any atom is -0.372 e. The van der Waals surface area contributed by atoms with Crippen molar-refractivity contribution in [2.45, 2.75) is 13.8 Å². The van der Waals surface area contributed by atoms with E-state index in [1.165, 1.54) is 19.1 Å². The molecule has 0 unspecified atom stereocenters. The van der Waals surface area contributed by atoms with Crippen molar-refractivity contribution in [2.24, 2.45) is 7.05 Å². The van der Waals surface area contributed by atoms with Gasteiger partial charge in [0.25, 0.3) is 0 Å². The predicted octanol–water partition coefficient (Wildman–Crippen LogP) is 5.35. The second kappa shape index (κ2) is 10.7. The smallest absolute Gasteiger partial charge is 0.229 e. The number of aromatic nitrogens is 4. The lowest BCUT2D eigenvalue weighted by Crippen LogP contribution is -2.31. The van der Waals surface area contributed by atoms with Crippen LogP contribution in [0.5, 0.6) is 0 Å². The van der Waals surface area contributed by atoms with Crippen molar-refractivity contribution < 1.29 is 9.18 Å². The van der Waals surface area contributed by atoms with E-state index in [4.69, 9.17) is 4.98 Å². The summed E-state index contributed by atoms with van der Waals surface area (Å²) in [5.74, 6) is -0.0294. The van der Waals surface area contributed by atoms with Gasteiger partial charge in [-0.3, -0.25) is 4.79 Å². The second-order valence-corrected chi connectivity index (χ2v) is 9.81. The van der Waals surface area contributed by atoms with Gasteiger partial charge < -0.3 is 30.0 Å². The number of likely N-dealkylation sites (N-methyl/N-ethyl adjacent to an activating group) is 2. The molecule has 0 spiro atoms. The highest BCUT2D eigenvalue weighted by molar-refractivity contribution is 6.03. The number of H-pyrrole nitrogens is 1. The van der Waals surface area contributed by atoms with Crippen LogP contribution in [0.4, 0.5) is 27.4 Å². The Kier molecular flexibility index (Phi) is 7.21. The summed E-state index contributed by atoms with van der Waals surface area (Å²) in [7, 11) is 5.99. The number of nitrogens with one attached hydrogen (secondary N) is 3. The largest absolute Gasteiger partial charge is 0.372 e. The predicted molar refractivity (Wildman–Crippen MR) is 156 cm³/mol. The Morgan fingerprint density at radius 1 is 1.08 bits per heavy atom. The molecule has 9 nitrogen and oxygen atoms in total. The molecule has 3 heterocycles. The van der Waals surface area contributed by atoms with Crippen LogP contribution in [0, 0.1) is 5.82 Å². The monoisotopic (exact) mass is 528 g/mol. The highest BCUT2D eigenvalue weighted by Gasteiger charge is 2.17. The maximum absolute atomic E-state index is 13.9. The molecule has 0 aliphatic carbocycles. The van der Waals surface area contributed by atoms with Crippen molar-refractivity contribution >= 4 is 50.9 Å². The molecule has 3 N–H and O–H groups in total. The molecule has 2 aromatic carbocycles. The van der Waals surface area contributed by atoms with Crippen LogP contribution in [0.3, 0.4) is 0 Å². The van der Waals surface area contributed by atoms with E-state index in [0.717, 1.165) is 58.6 Å². The number of benzene rings is 2. The topological polar surface area (TPSA) is 94.1 Å². The van der Waals surface area contributed by atoms with Crippen LogP contribution in [-0.2, 0) is 11.8 Å². The molecule has 202 valence electrons. The average molecular weight is 529 g/mol. The second-order valence-electron chi connectivity index (χ2n) is 9.81. The van der Waals surface area contributed by atoms with E-state index in [9.17, 15) is 9.18 Å². The van der Waals surface area contributed by atoms with Gasteiger partial charge in [-0.25, -0.2) is 9.37 Å². The highest BCUT2D eigenvalue weighted by Crippen LogP contribution is 2.35. The van der Waals surface area contributed by atoms with Gasteiger partial charge in [-0.1, -0.05) is 6.92 Å². The van der Waals surface area contributed by atoms with Gasteiger partial charge in [0.05, 0.1) is 22.6 Å². The fourth-order valence-corrected chi connectivity index (χ4v) is 4.71. The minimum absolute atomic E-state index is 0.147. The summed E-state index contributed by atoms with van der Waals surface area (Å²) >= 11 is 0. The molecule has 0 fully saturated rings. The van der Waals surface area contributed by atoms with Crippen LogP contribution in [0.25, 0.3) is 33.2 Å². The maximum atomic E-state index is 13.9. The minimum atomic E-state index is -0.284. The number of aromatic amines is 1. The summed E-state index contributed by atoms with van der Waals surface area (Å²) in [6.07, 6.45) is 3.78. The SMILES string of the molecule is CCN(C)CCN(C)c1ccc(Nc2nc(-c3cn(C)c4cc(F)ccc34)c3cc[nH]c3n2)cc1NC(C)=O. The van der Waals surface area contributed by atoms with E-state index >= 15 is 0 Å². The van der Waals surface area contributed by atoms with Crippen molar-refractivity contribution in [1.29, 1.82) is 0 Å². The number of hydrogen-bond acceptors (Lipinski definition) is 6. The summed E-state index contributed by atoms with van der Waals surface area (Å²) in [6, 6.07) is 12.5. The first-order valence-corrected chi connectivity index (χ1v) is 12.9. The first kappa shape index (κ1) is 26.2. The number of nitrogens with zero attached hydrogens (tertiary/aromatic N) is 5. The molecule has 3 aromatic heterocycles. The van der Waals surface area contributed by atoms with E-state index in [1.807, 2.05) is 55.3 Å². The highest BCUT2D eigenvalue weighted by atomic mass is 19.1. The number of carbonyl (C=O) groups excluding carboxylic acids is 1. The van der Waals surface area contributed by atoms with Crippen molar-refractivity contribution in [3.05, 3.63) is 60.7 Å². The third-order valence-corrected chi connectivity index (χ3v) is 6.96. The standard InChI is InChI=1S/C29H33FN8O/c1-6-36(3)13-14-37(4)25-10-8-20(16-24(25)32-18(2)39)33-29-34-27(22-11-12-31-28(22)35-29)23-17-38(5)26-15-19(30)7-9-21(23)26/h7-12,15-17H,6,13-14H2,1-5H3,(H,32,39)(H2,31,33,34,35). The van der Waals surface area contributed by atoms with Gasteiger partial charge in [0.15, 0.2) is 0 Å². The molecule has 39 heavy (non-hydrogen) atoms. The van der Waals surface area contributed by atoms with Crippen LogP contribution in [0.2, 0.25) is 0 Å². The average Bonchev–Trinajstić information content (AvgIpc) is 3.50. The van der Waals surface area contributed by atoms with Crippen LogP contribution in [-0.4, -0.2) is 64.1 Å². The molecule has 0 radical (unpaired) electrons. The summed E-state index contributed by atoms with van der Waals surface area (Å²) in [4.78, 5) is 29.1. The van der Waals surface area contributed by atoms with Gasteiger partial charge in [-0.15, -0.1) is 0 Å². The first-order chi connectivity index (χ1) is 18.7. The molecule has 1 amide bonds. The normalized spacial score (nSPS) is 11.5. The number of anilines is 4. The molecule has 0 atom stereocenters. The van der Waals surface area contributed by atoms with Crippen molar-refractivity contribution in [3.63, 3.8) is 0 Å². The maximum Gasteiger partial charge on any atom is 0.229 e. The molecule has 0 aliphatic rings. The zero-order chi connectivity index (χ0) is 27.7. The van der Waals surface area contributed by atoms with Crippen LogP contribution in [0.15, 0.2) is 54.9 Å². The molecule has 0 bridgehead atoms. The molecule has 0 aliphatic heterocycles. The summed E-state index contributed by atoms with van der Waals surface area (Å²) in [6.45, 7) is 6.31. The molecule has 0 saturated heterocycles. The molecule has 0 saturated carbocycles. The van der Waals surface area contributed by atoms with Crippen LogP contribution < -0.4 is 15.5 Å². The zero-order valence-electron chi connectivity index (χ0n) is 22.8. The summed E-state index contributed by atoms with van der Waals surface area (Å²) < 4.78 is 15.8. The van der Waals surface area contributed by atoms with E-state index in [0.29, 0.717) is 17.3 Å². The third kappa shape index (κ3) is 5.42. The van der Waals surface area contributed by atoms with E-state index in [-0.39, 0.29) is 11.7 Å². The molecule has 5 rings (SSSR count). The fraction of sp³-hybridized carbons (Fsp3) is 0.276. The molecule has 5 aromatic rings. The summed E-state index contributed by atoms with van der Waals surface area (Å²) in [5, 5.41) is 8.04. The van der Waals surface area contributed by atoms with Crippen LogP contribution in [0.1, 0.15) is 13.8 Å². The Morgan fingerprint density at radius 3 is 2.67 bits per heavy atom. The molecular weight excluding hydrogens is 495 g/mol. The van der Waals surface area contributed by atoms with Crippen LogP contribution >= 0.6 is 0 Å². The number of halogens is 1. The Labute approximate surface area is 226 Å². The Hall–Kier alpha value is -4.44. The number of carbonyl (C=O) groups is 1. The van der Waals surface area contributed by atoms with Crippen molar-refractivity contribution in [2.75, 3.05) is 49.3 Å². The number of rotatable bonds is 9. The Bertz CT molecular complexity index is 1660. The van der Waals surface area contributed by atoms with Gasteiger partial charge in [-0.2, -0.15) is 4.98 Å². The lowest BCUT2D eigenvalue weighted by atomic mass is 10.1. The Morgan fingerprint density at radius 2 is 1.90 bits per heavy atom. The van der Waals surface area contributed by atoms with Crippen molar-refractivity contribution in [1.82, 2.24) is 24.4 Å². The lowest BCUT2D eigenvalue weighted by molar-refractivity contribution is -0.114. The van der Waals surface area contributed by atoms with Gasteiger partial charge in [0.1, 0.15) is 11.5 Å². The number of amides is 1. The number of fused-ring (bicyclic) bond motifs is 2. The van der Waals surface area contributed by atoms with E-state index in [1.54, 1.807) is 6.07 Å². The number of aryl methyl sites for hydroxylation is 1. The molecular formula is C29H33FN8O. The van der Waals surface area contributed by atoms with E-state index in [2.05, 4.69) is 44.4 Å². The van der Waals surface area contributed by atoms with Crippen molar-refractivity contribution in [3.8, 4) is 11.3 Å². The van der Waals surface area contributed by atoms with E-state index < -0.39 is 0 Å². The zero-order valence-corrected chi connectivity index (χ0v) is 22.8. The quantitative estimate of drug-likeness (QED) is 0.239. The summed E-state index contributed by atoms with van der Waals surface area (Å²) in [5.41, 5.74) is 5.44. The molecule has 10 heteroatoms. The Balaban J connectivity index is 1.51. The van der Waals surface area contributed by atoms with Gasteiger partial charge in [0, 0.05) is 68.5 Å². The lowest BCUT2D eigenvalue weighted by Gasteiger charge is -2.25. The first-order valence-electron chi connectivity index (χ1n) is 12.9. The number of hydrogen-bond donors (Lipinski definition) is 3. The van der Waals surface area contributed by atoms with Gasteiger partial charge >= 0.3 is 0 Å². The van der Waals surface area contributed by atoms with Gasteiger partial charge in [-0.05, 0) is 56.1 Å². The fourth-order valence-electron chi connectivity index (χ4n) is 4.71. The van der Waals surface area contributed by atoms with Gasteiger partial charge in [0.2, 0.25) is 11.9 Å².